The zero-order chi connectivity index (χ0) is 14.7. The summed E-state index contributed by atoms with van der Waals surface area (Å²) in [5, 5.41) is 3.59. The Morgan fingerprint density at radius 3 is 2.60 bits per heavy atom. The smallest absolute Gasteiger partial charge is 0.142 e. The van der Waals surface area contributed by atoms with Gasteiger partial charge in [-0.2, -0.15) is 0 Å². The van der Waals surface area contributed by atoms with Crippen molar-refractivity contribution < 1.29 is 4.39 Å². The maximum absolute atomic E-state index is 13.7. The molecular formula is C17H19ClFN. The van der Waals surface area contributed by atoms with Crippen molar-refractivity contribution >= 4 is 11.6 Å². The van der Waals surface area contributed by atoms with Crippen LogP contribution in [0.25, 0.3) is 0 Å². The van der Waals surface area contributed by atoms with Crippen molar-refractivity contribution in [1.29, 1.82) is 0 Å². The molecule has 1 N–H and O–H groups in total. The molecule has 20 heavy (non-hydrogen) atoms. The molecule has 0 spiro atoms. The molecule has 2 rings (SSSR count). The summed E-state index contributed by atoms with van der Waals surface area (Å²) in [7, 11) is 0. The van der Waals surface area contributed by atoms with E-state index < -0.39 is 0 Å². The van der Waals surface area contributed by atoms with E-state index >= 15 is 0 Å². The average molecular weight is 292 g/mol. The standard InChI is InChI=1S/C17H19ClFN/c1-4-20-17(13-6-5-7-15(19)16(13)18)14-10-11(2)8-9-12(14)3/h5-10,17,20H,4H2,1-3H3. The molecule has 1 nitrogen and oxygen atoms in total. The normalized spacial score (nSPS) is 12.4. The Labute approximate surface area is 124 Å². The van der Waals surface area contributed by atoms with E-state index in [1.54, 1.807) is 6.07 Å². The summed E-state index contributed by atoms with van der Waals surface area (Å²) in [5.74, 6) is -0.377. The van der Waals surface area contributed by atoms with Gasteiger partial charge in [-0.25, -0.2) is 4.39 Å². The topological polar surface area (TPSA) is 12.0 Å². The lowest BCUT2D eigenvalue weighted by molar-refractivity contribution is 0.602. The highest BCUT2D eigenvalue weighted by molar-refractivity contribution is 6.31. The molecule has 0 amide bonds. The second-order valence-corrected chi connectivity index (χ2v) is 5.37. The van der Waals surface area contributed by atoms with Crippen LogP contribution in [0.3, 0.4) is 0 Å². The van der Waals surface area contributed by atoms with E-state index in [0.717, 1.165) is 17.7 Å². The molecule has 106 valence electrons. The summed E-state index contributed by atoms with van der Waals surface area (Å²) in [6, 6.07) is 11.2. The van der Waals surface area contributed by atoms with Crippen molar-refractivity contribution in [2.75, 3.05) is 6.54 Å². The van der Waals surface area contributed by atoms with Crippen LogP contribution in [-0.4, -0.2) is 6.54 Å². The fourth-order valence-corrected chi connectivity index (χ4v) is 2.64. The van der Waals surface area contributed by atoms with Gasteiger partial charge in [-0.3, -0.25) is 0 Å². The van der Waals surface area contributed by atoms with Gasteiger partial charge >= 0.3 is 0 Å². The van der Waals surface area contributed by atoms with E-state index in [0.29, 0.717) is 0 Å². The first-order valence-electron chi connectivity index (χ1n) is 6.79. The minimum absolute atomic E-state index is 0.0944. The molecule has 0 aliphatic heterocycles. The molecule has 0 fully saturated rings. The lowest BCUT2D eigenvalue weighted by Crippen LogP contribution is -2.23. The first-order chi connectivity index (χ1) is 9.54. The minimum atomic E-state index is -0.377. The van der Waals surface area contributed by atoms with Crippen molar-refractivity contribution in [3.05, 3.63) is 69.5 Å². The zero-order valence-electron chi connectivity index (χ0n) is 12.0. The van der Waals surface area contributed by atoms with E-state index in [9.17, 15) is 4.39 Å². The predicted octanol–water partition coefficient (Wildman–Crippen LogP) is 4.79. The van der Waals surface area contributed by atoms with Crippen molar-refractivity contribution in [2.24, 2.45) is 0 Å². The summed E-state index contributed by atoms with van der Waals surface area (Å²) in [4.78, 5) is 0. The van der Waals surface area contributed by atoms with Crippen LogP contribution in [0, 0.1) is 19.7 Å². The van der Waals surface area contributed by atoms with Gasteiger partial charge in [0.15, 0.2) is 0 Å². The first-order valence-corrected chi connectivity index (χ1v) is 7.16. The summed E-state index contributed by atoms with van der Waals surface area (Å²) in [5.41, 5.74) is 4.27. The molecule has 0 aliphatic carbocycles. The summed E-state index contributed by atoms with van der Waals surface area (Å²) >= 11 is 6.15. The molecule has 2 aromatic carbocycles. The van der Waals surface area contributed by atoms with Crippen LogP contribution >= 0.6 is 11.6 Å². The number of aryl methyl sites for hydroxylation is 2. The Morgan fingerprint density at radius 2 is 1.90 bits per heavy atom. The van der Waals surface area contributed by atoms with Gasteiger partial charge < -0.3 is 5.32 Å². The molecule has 0 heterocycles. The highest BCUT2D eigenvalue weighted by atomic mass is 35.5. The van der Waals surface area contributed by atoms with Gasteiger partial charge in [0.1, 0.15) is 5.82 Å². The van der Waals surface area contributed by atoms with Crippen LogP contribution in [0.2, 0.25) is 5.02 Å². The zero-order valence-corrected chi connectivity index (χ0v) is 12.8. The minimum Gasteiger partial charge on any atom is -0.306 e. The summed E-state index contributed by atoms with van der Waals surface area (Å²) in [6.07, 6.45) is 0. The number of hydrogen-bond donors (Lipinski definition) is 1. The van der Waals surface area contributed by atoms with E-state index in [1.165, 1.54) is 17.2 Å². The van der Waals surface area contributed by atoms with Crippen LogP contribution in [0.1, 0.15) is 35.2 Å². The highest BCUT2D eigenvalue weighted by Crippen LogP contribution is 2.32. The largest absolute Gasteiger partial charge is 0.306 e. The van der Waals surface area contributed by atoms with Gasteiger partial charge in [0, 0.05) is 0 Å². The van der Waals surface area contributed by atoms with Gasteiger partial charge in [0.25, 0.3) is 0 Å². The summed E-state index contributed by atoms with van der Waals surface area (Å²) in [6.45, 7) is 6.93. The Hall–Kier alpha value is -1.38. The third-order valence-corrected chi connectivity index (χ3v) is 3.85. The van der Waals surface area contributed by atoms with Crippen LogP contribution in [0.4, 0.5) is 4.39 Å². The van der Waals surface area contributed by atoms with Gasteiger partial charge in [-0.15, -0.1) is 0 Å². The molecule has 0 aromatic heterocycles. The Balaban J connectivity index is 2.56. The average Bonchev–Trinajstić information content (AvgIpc) is 2.43. The fourth-order valence-electron chi connectivity index (χ4n) is 2.41. The second-order valence-electron chi connectivity index (χ2n) is 4.99. The van der Waals surface area contributed by atoms with Gasteiger partial charge in [-0.1, -0.05) is 54.4 Å². The molecule has 3 heteroatoms. The maximum Gasteiger partial charge on any atom is 0.142 e. The van der Waals surface area contributed by atoms with Crippen LogP contribution in [0.15, 0.2) is 36.4 Å². The van der Waals surface area contributed by atoms with Crippen molar-refractivity contribution in [2.45, 2.75) is 26.8 Å². The predicted molar refractivity (Wildman–Crippen MR) is 82.8 cm³/mol. The van der Waals surface area contributed by atoms with Crippen LogP contribution < -0.4 is 5.32 Å². The molecule has 0 saturated carbocycles. The van der Waals surface area contributed by atoms with E-state index in [-0.39, 0.29) is 16.9 Å². The molecule has 0 bridgehead atoms. The quantitative estimate of drug-likeness (QED) is 0.853. The Kier molecular flexibility index (Phi) is 4.79. The van der Waals surface area contributed by atoms with Crippen LogP contribution in [0.5, 0.6) is 0 Å². The van der Waals surface area contributed by atoms with Gasteiger partial charge in [0.05, 0.1) is 11.1 Å². The molecule has 1 atom stereocenters. The number of benzene rings is 2. The van der Waals surface area contributed by atoms with Gasteiger partial charge in [-0.05, 0) is 43.1 Å². The Morgan fingerprint density at radius 1 is 1.15 bits per heavy atom. The van der Waals surface area contributed by atoms with Gasteiger partial charge in [0.2, 0.25) is 0 Å². The van der Waals surface area contributed by atoms with Crippen LogP contribution in [-0.2, 0) is 0 Å². The first kappa shape index (κ1) is 15.0. The van der Waals surface area contributed by atoms with Crippen molar-refractivity contribution in [1.82, 2.24) is 5.32 Å². The lowest BCUT2D eigenvalue weighted by Gasteiger charge is -2.22. The highest BCUT2D eigenvalue weighted by Gasteiger charge is 2.19. The molecule has 1 unspecified atom stereocenters. The molecule has 2 aromatic rings. The maximum atomic E-state index is 13.7. The number of halogens is 2. The molecule has 0 radical (unpaired) electrons. The molecular weight excluding hydrogens is 273 g/mol. The Bertz CT molecular complexity index is 608. The fraction of sp³-hybridized carbons (Fsp3) is 0.294. The monoisotopic (exact) mass is 291 g/mol. The molecule has 0 saturated heterocycles. The number of nitrogens with one attached hydrogen (secondary N) is 1. The molecule has 0 aliphatic rings. The van der Waals surface area contributed by atoms with E-state index in [1.807, 2.05) is 13.0 Å². The number of hydrogen-bond acceptors (Lipinski definition) is 1. The van der Waals surface area contributed by atoms with Crippen molar-refractivity contribution in [3.8, 4) is 0 Å². The lowest BCUT2D eigenvalue weighted by atomic mass is 9.93. The number of rotatable bonds is 4. The second kappa shape index (κ2) is 6.38. The van der Waals surface area contributed by atoms with E-state index in [2.05, 4.69) is 37.4 Å². The summed E-state index contributed by atoms with van der Waals surface area (Å²) < 4.78 is 13.7. The van der Waals surface area contributed by atoms with E-state index in [4.69, 9.17) is 11.6 Å². The SMILES string of the molecule is CCNC(c1cc(C)ccc1C)c1cccc(F)c1Cl. The third kappa shape index (κ3) is 3.02. The van der Waals surface area contributed by atoms with Crippen molar-refractivity contribution in [3.63, 3.8) is 0 Å². The third-order valence-electron chi connectivity index (χ3n) is 3.45.